The lowest BCUT2D eigenvalue weighted by Crippen LogP contribution is -2.27. The molecule has 0 saturated carbocycles. The highest BCUT2D eigenvalue weighted by Gasteiger charge is 2.37. The summed E-state index contributed by atoms with van der Waals surface area (Å²) in [6.45, 7) is 8.77. The van der Waals surface area contributed by atoms with Gasteiger partial charge in [-0.1, -0.05) is 12.1 Å². The molecule has 1 aromatic carbocycles. The first kappa shape index (κ1) is 12.0. The van der Waals surface area contributed by atoms with E-state index in [4.69, 9.17) is 11.2 Å². The lowest BCUT2D eigenvalue weighted by Gasteiger charge is -2.31. The van der Waals surface area contributed by atoms with Crippen molar-refractivity contribution in [1.29, 1.82) is 0 Å². The van der Waals surface area contributed by atoms with Gasteiger partial charge in [0.15, 0.2) is 7.58 Å². The summed E-state index contributed by atoms with van der Waals surface area (Å²) in [4.78, 5) is 0. The zero-order valence-corrected chi connectivity index (χ0v) is 11.8. The number of para-hydroxylation sites is 2. The Labute approximate surface area is 104 Å². The number of halogens is 1. The van der Waals surface area contributed by atoms with E-state index in [0.29, 0.717) is 12.1 Å². The second-order valence-corrected chi connectivity index (χ2v) is 6.86. The van der Waals surface area contributed by atoms with Gasteiger partial charge in [-0.15, -0.1) is 0 Å². The Morgan fingerprint density at radius 1 is 0.938 bits per heavy atom. The Morgan fingerprint density at radius 3 is 1.62 bits per heavy atom. The largest absolute Gasteiger partial charge is 0.317 e. The molecule has 0 saturated heterocycles. The maximum absolute atomic E-state index is 6.62. The van der Waals surface area contributed by atoms with Gasteiger partial charge >= 0.3 is 0 Å². The molecule has 0 radical (unpaired) electrons. The fourth-order valence-corrected chi connectivity index (χ4v) is 5.27. The van der Waals surface area contributed by atoms with Crippen LogP contribution in [0.15, 0.2) is 24.3 Å². The maximum Gasteiger partial charge on any atom is 0.198 e. The van der Waals surface area contributed by atoms with Gasteiger partial charge in [-0.25, -0.2) is 0 Å². The normalized spacial score (nSPS) is 16.4. The van der Waals surface area contributed by atoms with Crippen molar-refractivity contribution in [2.75, 3.05) is 9.34 Å². The van der Waals surface area contributed by atoms with E-state index in [-0.39, 0.29) is 0 Å². The lowest BCUT2D eigenvalue weighted by atomic mass is 10.2. The Morgan fingerprint density at radius 2 is 1.31 bits per heavy atom. The molecule has 16 heavy (non-hydrogen) atoms. The number of hydrogen-bond donors (Lipinski definition) is 0. The quantitative estimate of drug-likeness (QED) is 0.714. The number of benzene rings is 1. The van der Waals surface area contributed by atoms with Gasteiger partial charge in [-0.05, 0) is 51.1 Å². The van der Waals surface area contributed by atoms with Crippen LogP contribution in [-0.2, 0) is 0 Å². The maximum atomic E-state index is 6.62. The number of hydrogen-bond acceptors (Lipinski definition) is 2. The molecular weight excluding hydrogens is 239 g/mol. The standard InChI is InChI=1S/C12H18ClN2P/c1-9(2)14-11-7-5-6-8-12(11)15(10(3)4)16(14)13/h5-10H,1-4H3. The van der Waals surface area contributed by atoms with E-state index in [1.54, 1.807) is 0 Å². The first-order valence-electron chi connectivity index (χ1n) is 5.67. The Bertz CT molecular complexity index is 346. The summed E-state index contributed by atoms with van der Waals surface area (Å²) >= 11 is 6.62. The summed E-state index contributed by atoms with van der Waals surface area (Å²) in [5.74, 6) is 0. The molecule has 1 aliphatic heterocycles. The molecule has 0 spiro atoms. The van der Waals surface area contributed by atoms with Crippen LogP contribution in [0, 0.1) is 0 Å². The molecule has 0 bridgehead atoms. The van der Waals surface area contributed by atoms with Crippen molar-refractivity contribution < 1.29 is 0 Å². The SMILES string of the molecule is CC(C)N1c2ccccc2N(C(C)C)P1Cl. The third-order valence-corrected chi connectivity index (χ3v) is 5.75. The van der Waals surface area contributed by atoms with Crippen molar-refractivity contribution >= 4 is 30.2 Å². The van der Waals surface area contributed by atoms with Crippen LogP contribution in [0.4, 0.5) is 11.4 Å². The van der Waals surface area contributed by atoms with E-state index in [1.165, 1.54) is 11.4 Å². The average molecular weight is 257 g/mol. The lowest BCUT2D eigenvalue weighted by molar-refractivity contribution is 0.824. The first-order chi connectivity index (χ1) is 7.54. The molecule has 0 N–H and O–H groups in total. The van der Waals surface area contributed by atoms with Crippen LogP contribution in [0.5, 0.6) is 0 Å². The molecule has 0 fully saturated rings. The van der Waals surface area contributed by atoms with Gasteiger partial charge in [0.25, 0.3) is 0 Å². The molecule has 4 heteroatoms. The Hall–Kier alpha value is -0.460. The fourth-order valence-electron chi connectivity index (χ4n) is 2.07. The van der Waals surface area contributed by atoms with Gasteiger partial charge in [0.2, 0.25) is 0 Å². The van der Waals surface area contributed by atoms with Crippen molar-refractivity contribution in [1.82, 2.24) is 0 Å². The highest BCUT2D eigenvalue weighted by atomic mass is 35.7. The molecule has 0 aromatic heterocycles. The zero-order chi connectivity index (χ0) is 11.9. The third-order valence-electron chi connectivity index (χ3n) is 2.71. The van der Waals surface area contributed by atoms with Crippen LogP contribution in [0.1, 0.15) is 27.7 Å². The average Bonchev–Trinajstić information content (AvgIpc) is 2.49. The van der Waals surface area contributed by atoms with E-state index in [1.807, 2.05) is 0 Å². The minimum Gasteiger partial charge on any atom is -0.317 e. The molecule has 0 aliphatic carbocycles. The third kappa shape index (κ3) is 1.78. The number of anilines is 2. The van der Waals surface area contributed by atoms with Gasteiger partial charge in [-0.2, -0.15) is 0 Å². The van der Waals surface area contributed by atoms with Crippen LogP contribution in [0.2, 0.25) is 0 Å². The Balaban J connectivity index is 2.48. The second kappa shape index (κ2) is 4.43. The molecule has 88 valence electrons. The van der Waals surface area contributed by atoms with E-state index >= 15 is 0 Å². The highest BCUT2D eigenvalue weighted by molar-refractivity contribution is 7.86. The van der Waals surface area contributed by atoms with Crippen LogP contribution < -0.4 is 9.34 Å². The predicted molar refractivity (Wildman–Crippen MR) is 74.4 cm³/mol. The fraction of sp³-hybridized carbons (Fsp3) is 0.500. The molecule has 0 unspecified atom stereocenters. The monoisotopic (exact) mass is 256 g/mol. The van der Waals surface area contributed by atoms with Gasteiger partial charge in [0.1, 0.15) is 0 Å². The minimum atomic E-state index is -0.759. The predicted octanol–water partition coefficient (Wildman–Crippen LogP) is 4.60. The molecule has 2 nitrogen and oxygen atoms in total. The number of rotatable bonds is 2. The van der Waals surface area contributed by atoms with Crippen molar-refractivity contribution in [2.24, 2.45) is 0 Å². The summed E-state index contributed by atoms with van der Waals surface area (Å²) in [6.07, 6.45) is 0. The second-order valence-electron chi connectivity index (χ2n) is 4.61. The van der Waals surface area contributed by atoms with Crippen LogP contribution >= 0.6 is 18.8 Å². The van der Waals surface area contributed by atoms with Crippen LogP contribution in [0.3, 0.4) is 0 Å². The zero-order valence-electron chi connectivity index (χ0n) is 10.2. The molecule has 2 rings (SSSR count). The molecule has 0 atom stereocenters. The van der Waals surface area contributed by atoms with E-state index in [9.17, 15) is 0 Å². The first-order valence-corrected chi connectivity index (χ1v) is 7.82. The van der Waals surface area contributed by atoms with Crippen LogP contribution in [-0.4, -0.2) is 12.1 Å². The summed E-state index contributed by atoms with van der Waals surface area (Å²) in [7, 11) is -0.759. The summed E-state index contributed by atoms with van der Waals surface area (Å²) < 4.78 is 4.65. The number of nitrogens with zero attached hydrogens (tertiary/aromatic N) is 2. The van der Waals surface area contributed by atoms with Gasteiger partial charge in [-0.3, -0.25) is 0 Å². The summed E-state index contributed by atoms with van der Waals surface area (Å²) in [5.41, 5.74) is 2.54. The van der Waals surface area contributed by atoms with E-state index < -0.39 is 7.58 Å². The molecular formula is C12H18ClN2P. The smallest absolute Gasteiger partial charge is 0.198 e. The van der Waals surface area contributed by atoms with Crippen molar-refractivity contribution in [3.05, 3.63) is 24.3 Å². The van der Waals surface area contributed by atoms with Gasteiger partial charge in [0, 0.05) is 12.1 Å². The summed E-state index contributed by atoms with van der Waals surface area (Å²) in [6, 6.07) is 9.36. The highest BCUT2D eigenvalue weighted by Crippen LogP contribution is 2.63. The Kier molecular flexibility index (Phi) is 3.32. The van der Waals surface area contributed by atoms with Crippen LogP contribution in [0.25, 0.3) is 0 Å². The summed E-state index contributed by atoms with van der Waals surface area (Å²) in [5, 5.41) is 0. The topological polar surface area (TPSA) is 6.48 Å². The van der Waals surface area contributed by atoms with E-state index in [2.05, 4.69) is 61.3 Å². The van der Waals surface area contributed by atoms with Crippen molar-refractivity contribution in [3.63, 3.8) is 0 Å². The van der Waals surface area contributed by atoms with Gasteiger partial charge in [0.05, 0.1) is 11.4 Å². The molecule has 1 aliphatic rings. The van der Waals surface area contributed by atoms with Crippen molar-refractivity contribution in [3.8, 4) is 0 Å². The minimum absolute atomic E-state index is 0.438. The molecule has 1 heterocycles. The van der Waals surface area contributed by atoms with E-state index in [0.717, 1.165) is 0 Å². The molecule has 0 amide bonds. The van der Waals surface area contributed by atoms with Gasteiger partial charge < -0.3 is 9.34 Å². The van der Waals surface area contributed by atoms with Crippen molar-refractivity contribution in [2.45, 2.75) is 39.8 Å². The molecule has 1 aromatic rings. The number of fused-ring (bicyclic) bond motifs is 1.